The second kappa shape index (κ2) is 6.01. The third-order valence-corrected chi connectivity index (χ3v) is 3.73. The van der Waals surface area contributed by atoms with Crippen LogP contribution in [0.2, 0.25) is 0 Å². The summed E-state index contributed by atoms with van der Waals surface area (Å²) in [6.07, 6.45) is 3.57. The molecule has 0 fully saturated rings. The average molecular weight is 227 g/mol. The lowest BCUT2D eigenvalue weighted by atomic mass is 10.3. The molecular weight excluding hydrogens is 214 g/mol. The predicted molar refractivity (Wildman–Crippen MR) is 64.9 cm³/mol. The Morgan fingerprint density at radius 2 is 2.29 bits per heavy atom. The fourth-order valence-electron chi connectivity index (χ4n) is 0.889. The molecule has 0 saturated heterocycles. The van der Waals surface area contributed by atoms with E-state index in [1.807, 2.05) is 6.08 Å². The van der Waals surface area contributed by atoms with E-state index in [1.165, 1.54) is 0 Å². The van der Waals surface area contributed by atoms with Crippen molar-refractivity contribution in [1.29, 1.82) is 0 Å². The van der Waals surface area contributed by atoms with Crippen molar-refractivity contribution in [3.8, 4) is 0 Å². The Labute approximate surface area is 92.7 Å². The molecule has 0 radical (unpaired) electrons. The summed E-state index contributed by atoms with van der Waals surface area (Å²) in [4.78, 5) is 5.49. The van der Waals surface area contributed by atoms with Gasteiger partial charge in [-0.2, -0.15) is 0 Å². The molecular formula is C10H13NOS2. The van der Waals surface area contributed by atoms with E-state index < -0.39 is 0 Å². The van der Waals surface area contributed by atoms with Crippen molar-refractivity contribution in [2.75, 3.05) is 19.5 Å². The van der Waals surface area contributed by atoms with Crippen LogP contribution in [0.4, 0.5) is 0 Å². The second-order valence-electron chi connectivity index (χ2n) is 2.48. The Morgan fingerprint density at radius 3 is 2.79 bits per heavy atom. The van der Waals surface area contributed by atoms with Gasteiger partial charge < -0.3 is 4.74 Å². The number of ether oxygens (including phenoxy) is 1. The van der Waals surface area contributed by atoms with Gasteiger partial charge in [0.05, 0.1) is 17.2 Å². The minimum atomic E-state index is 0.747. The third kappa shape index (κ3) is 2.97. The van der Waals surface area contributed by atoms with Gasteiger partial charge in [-0.25, -0.2) is 4.98 Å². The minimum Gasteiger partial charge on any atom is -0.384 e. The lowest BCUT2D eigenvalue weighted by molar-refractivity contribution is 0.218. The molecule has 4 heteroatoms. The van der Waals surface area contributed by atoms with E-state index in [9.17, 15) is 0 Å². The third-order valence-electron chi connectivity index (χ3n) is 1.55. The van der Waals surface area contributed by atoms with E-state index in [2.05, 4.69) is 18.1 Å². The van der Waals surface area contributed by atoms with Crippen LogP contribution in [-0.2, 0) is 4.74 Å². The van der Waals surface area contributed by atoms with Crippen molar-refractivity contribution in [1.82, 2.24) is 4.98 Å². The van der Waals surface area contributed by atoms with Crippen LogP contribution in [0.15, 0.2) is 17.5 Å². The number of thiazole rings is 1. The zero-order valence-electron chi connectivity index (χ0n) is 8.16. The number of rotatable bonds is 6. The predicted octanol–water partition coefficient (Wildman–Crippen LogP) is 3.17. The zero-order valence-corrected chi connectivity index (χ0v) is 9.79. The van der Waals surface area contributed by atoms with Gasteiger partial charge in [-0.05, 0) is 12.2 Å². The van der Waals surface area contributed by atoms with Gasteiger partial charge in [0.2, 0.25) is 0 Å². The van der Waals surface area contributed by atoms with Crippen LogP contribution in [0.5, 0.6) is 0 Å². The molecule has 1 aromatic heterocycles. The maximum Gasteiger partial charge on any atom is 0.151 e. The smallest absolute Gasteiger partial charge is 0.151 e. The molecule has 0 saturated carbocycles. The quantitative estimate of drug-likeness (QED) is 0.550. The van der Waals surface area contributed by atoms with E-state index in [1.54, 1.807) is 36.3 Å². The highest BCUT2D eigenvalue weighted by atomic mass is 32.2. The molecule has 0 aliphatic rings. The van der Waals surface area contributed by atoms with Crippen molar-refractivity contribution in [2.24, 2.45) is 0 Å². The first kappa shape index (κ1) is 11.5. The van der Waals surface area contributed by atoms with Crippen molar-refractivity contribution in [3.05, 3.63) is 23.7 Å². The van der Waals surface area contributed by atoms with Crippen LogP contribution in [0, 0.1) is 0 Å². The first-order valence-electron chi connectivity index (χ1n) is 4.19. The maximum absolute atomic E-state index is 4.97. The first-order valence-corrected chi connectivity index (χ1v) is 5.99. The molecule has 14 heavy (non-hydrogen) atoms. The minimum absolute atomic E-state index is 0.747. The fourth-order valence-corrected chi connectivity index (χ4v) is 2.88. The molecule has 0 bridgehead atoms. The number of aromatic nitrogens is 1. The number of hydrogen-bond acceptors (Lipinski definition) is 4. The SMILES string of the molecule is C=Cc1nc(SCCOC)sc1C=C. The Bertz CT molecular complexity index is 294. The highest BCUT2D eigenvalue weighted by molar-refractivity contribution is 8.01. The van der Waals surface area contributed by atoms with E-state index >= 15 is 0 Å². The molecule has 0 unspecified atom stereocenters. The van der Waals surface area contributed by atoms with Crippen LogP contribution in [0.25, 0.3) is 12.2 Å². The highest BCUT2D eigenvalue weighted by Gasteiger charge is 2.05. The van der Waals surface area contributed by atoms with E-state index in [-0.39, 0.29) is 0 Å². The van der Waals surface area contributed by atoms with Crippen molar-refractivity contribution < 1.29 is 4.74 Å². The van der Waals surface area contributed by atoms with Gasteiger partial charge in [-0.1, -0.05) is 24.9 Å². The number of methoxy groups -OCH3 is 1. The normalized spacial score (nSPS) is 10.1. The first-order chi connectivity index (χ1) is 6.81. The topological polar surface area (TPSA) is 22.1 Å². The summed E-state index contributed by atoms with van der Waals surface area (Å²) < 4.78 is 6.02. The number of nitrogens with zero attached hydrogens (tertiary/aromatic N) is 1. The lowest BCUT2D eigenvalue weighted by Gasteiger charge is -1.94. The molecule has 0 amide bonds. The summed E-state index contributed by atoms with van der Waals surface area (Å²) in [6.45, 7) is 8.20. The monoisotopic (exact) mass is 227 g/mol. The Balaban J connectivity index is 2.64. The summed E-state index contributed by atoms with van der Waals surface area (Å²) in [5.74, 6) is 0.928. The van der Waals surface area contributed by atoms with Gasteiger partial charge in [0.25, 0.3) is 0 Å². The summed E-state index contributed by atoms with van der Waals surface area (Å²) in [5, 5.41) is 0. The molecule has 1 heterocycles. The van der Waals surface area contributed by atoms with E-state index in [4.69, 9.17) is 4.74 Å². The standard InChI is InChI=1S/C10H13NOS2/c1-4-8-9(5-2)14-10(11-8)13-7-6-12-3/h4-5H,1-2,6-7H2,3H3. The fraction of sp³-hybridized carbons (Fsp3) is 0.300. The van der Waals surface area contributed by atoms with Crippen molar-refractivity contribution in [2.45, 2.75) is 4.34 Å². The lowest BCUT2D eigenvalue weighted by Crippen LogP contribution is -1.90. The second-order valence-corrected chi connectivity index (χ2v) is 4.85. The van der Waals surface area contributed by atoms with Gasteiger partial charge in [0.15, 0.2) is 4.34 Å². The highest BCUT2D eigenvalue weighted by Crippen LogP contribution is 2.28. The Kier molecular flexibility index (Phi) is 4.93. The summed E-state index contributed by atoms with van der Waals surface area (Å²) >= 11 is 3.34. The molecule has 0 atom stereocenters. The van der Waals surface area contributed by atoms with Gasteiger partial charge in [-0.15, -0.1) is 11.3 Å². The van der Waals surface area contributed by atoms with Gasteiger partial charge in [0.1, 0.15) is 0 Å². The van der Waals surface area contributed by atoms with Crippen LogP contribution < -0.4 is 0 Å². The summed E-state index contributed by atoms with van der Waals surface area (Å²) in [7, 11) is 1.70. The largest absolute Gasteiger partial charge is 0.384 e. The maximum atomic E-state index is 4.97. The Morgan fingerprint density at radius 1 is 1.50 bits per heavy atom. The van der Waals surface area contributed by atoms with Crippen LogP contribution in [0.1, 0.15) is 10.6 Å². The van der Waals surface area contributed by atoms with Crippen LogP contribution >= 0.6 is 23.1 Å². The van der Waals surface area contributed by atoms with Crippen molar-refractivity contribution in [3.63, 3.8) is 0 Å². The molecule has 0 aliphatic carbocycles. The number of hydrogen-bond donors (Lipinski definition) is 0. The average Bonchev–Trinajstić information content (AvgIpc) is 2.61. The Hall–Kier alpha value is -0.580. The number of thioether (sulfide) groups is 1. The summed E-state index contributed by atoms with van der Waals surface area (Å²) in [6, 6.07) is 0. The van der Waals surface area contributed by atoms with Gasteiger partial charge >= 0.3 is 0 Å². The summed E-state index contributed by atoms with van der Waals surface area (Å²) in [5.41, 5.74) is 0.921. The van der Waals surface area contributed by atoms with Crippen LogP contribution in [0.3, 0.4) is 0 Å². The van der Waals surface area contributed by atoms with E-state index in [0.717, 1.165) is 27.3 Å². The molecule has 0 aromatic carbocycles. The molecule has 0 N–H and O–H groups in total. The van der Waals surface area contributed by atoms with Gasteiger partial charge in [-0.3, -0.25) is 0 Å². The van der Waals surface area contributed by atoms with Gasteiger partial charge in [0, 0.05) is 12.9 Å². The molecule has 76 valence electrons. The molecule has 2 nitrogen and oxygen atoms in total. The van der Waals surface area contributed by atoms with E-state index in [0.29, 0.717) is 0 Å². The van der Waals surface area contributed by atoms with Crippen molar-refractivity contribution >= 4 is 35.3 Å². The zero-order chi connectivity index (χ0) is 10.4. The molecule has 1 aromatic rings. The van der Waals surface area contributed by atoms with Crippen LogP contribution in [-0.4, -0.2) is 24.5 Å². The molecule has 0 aliphatic heterocycles. The molecule has 1 rings (SSSR count). The molecule has 0 spiro atoms.